The molecule has 0 aromatic carbocycles. The molecule has 1 aromatic rings. The van der Waals surface area contributed by atoms with E-state index in [2.05, 4.69) is 30.4 Å². The van der Waals surface area contributed by atoms with E-state index in [1.807, 2.05) is 12.4 Å². The monoisotopic (exact) mass is 152 g/mol. The van der Waals surface area contributed by atoms with Gasteiger partial charge < -0.3 is 4.57 Å². The van der Waals surface area contributed by atoms with E-state index >= 15 is 0 Å². The third kappa shape index (κ3) is 1.82. The van der Waals surface area contributed by atoms with Crippen LogP contribution in [0, 0.1) is 0 Å². The maximum absolute atomic E-state index is 4.30. The van der Waals surface area contributed by atoms with Crippen LogP contribution in [0.4, 0.5) is 0 Å². The first kappa shape index (κ1) is 8.31. The topological polar surface area (TPSA) is 17.8 Å². The van der Waals surface area contributed by atoms with Crippen molar-refractivity contribution in [2.24, 2.45) is 7.05 Å². The smallest absolute Gasteiger partial charge is 0.111 e. The molecule has 0 N–H and O–H groups in total. The summed E-state index contributed by atoms with van der Waals surface area (Å²) in [7, 11) is 2.05. The highest BCUT2D eigenvalue weighted by atomic mass is 15.0. The Labute approximate surface area is 68.3 Å². The predicted octanol–water partition coefficient (Wildman–Crippen LogP) is 2.32. The van der Waals surface area contributed by atoms with E-state index in [9.17, 15) is 0 Å². The van der Waals surface area contributed by atoms with Gasteiger partial charge in [0, 0.05) is 25.4 Å². The Balaban J connectivity index is 2.67. The Bertz CT molecular complexity index is 215. The van der Waals surface area contributed by atoms with Gasteiger partial charge in [-0.1, -0.05) is 20.3 Å². The molecule has 62 valence electrons. The summed E-state index contributed by atoms with van der Waals surface area (Å²) < 4.78 is 2.10. The summed E-state index contributed by atoms with van der Waals surface area (Å²) in [5, 5.41) is 0. The van der Waals surface area contributed by atoms with Crippen molar-refractivity contribution in [2.45, 2.75) is 32.6 Å². The molecule has 0 aliphatic heterocycles. The zero-order chi connectivity index (χ0) is 8.27. The number of aromatic nitrogens is 2. The van der Waals surface area contributed by atoms with E-state index in [1.54, 1.807) is 0 Å². The maximum atomic E-state index is 4.30. The van der Waals surface area contributed by atoms with Crippen LogP contribution in [-0.4, -0.2) is 9.55 Å². The summed E-state index contributed by atoms with van der Waals surface area (Å²) in [5.74, 6) is 1.80. The number of rotatable bonds is 3. The van der Waals surface area contributed by atoms with Crippen molar-refractivity contribution in [1.29, 1.82) is 0 Å². The second-order valence-corrected chi connectivity index (χ2v) is 3.09. The first-order chi connectivity index (χ1) is 5.25. The quantitative estimate of drug-likeness (QED) is 0.650. The van der Waals surface area contributed by atoms with Crippen molar-refractivity contribution >= 4 is 0 Å². The minimum Gasteiger partial charge on any atom is -0.338 e. The van der Waals surface area contributed by atoms with Crippen LogP contribution in [0.5, 0.6) is 0 Å². The molecule has 1 rings (SSSR count). The Morgan fingerprint density at radius 2 is 2.36 bits per heavy atom. The van der Waals surface area contributed by atoms with Crippen LogP contribution in [0.25, 0.3) is 0 Å². The molecule has 2 heteroatoms. The van der Waals surface area contributed by atoms with Gasteiger partial charge >= 0.3 is 0 Å². The van der Waals surface area contributed by atoms with Crippen LogP contribution >= 0.6 is 0 Å². The van der Waals surface area contributed by atoms with Gasteiger partial charge in [0.2, 0.25) is 0 Å². The summed E-state index contributed by atoms with van der Waals surface area (Å²) in [5.41, 5.74) is 0. The molecule has 0 aliphatic rings. The molecule has 1 unspecified atom stereocenters. The van der Waals surface area contributed by atoms with Gasteiger partial charge in [-0.25, -0.2) is 4.98 Å². The van der Waals surface area contributed by atoms with Gasteiger partial charge in [-0.3, -0.25) is 0 Å². The minimum atomic E-state index is 0.597. The first-order valence-electron chi connectivity index (χ1n) is 4.23. The fraction of sp³-hybridized carbons (Fsp3) is 0.667. The Morgan fingerprint density at radius 3 is 2.82 bits per heavy atom. The average Bonchev–Trinajstić information content (AvgIpc) is 2.36. The zero-order valence-electron chi connectivity index (χ0n) is 7.54. The van der Waals surface area contributed by atoms with Gasteiger partial charge in [0.05, 0.1) is 0 Å². The second kappa shape index (κ2) is 3.56. The molecule has 0 amide bonds. The van der Waals surface area contributed by atoms with Gasteiger partial charge in [-0.05, 0) is 6.42 Å². The fourth-order valence-electron chi connectivity index (χ4n) is 1.41. The van der Waals surface area contributed by atoms with E-state index in [0.29, 0.717) is 5.92 Å². The summed E-state index contributed by atoms with van der Waals surface area (Å²) in [6, 6.07) is 0. The van der Waals surface area contributed by atoms with Crippen LogP contribution in [0.15, 0.2) is 12.4 Å². The molecule has 0 saturated carbocycles. The fourth-order valence-corrected chi connectivity index (χ4v) is 1.41. The highest BCUT2D eigenvalue weighted by Gasteiger charge is 2.07. The third-order valence-corrected chi connectivity index (χ3v) is 2.02. The first-order valence-corrected chi connectivity index (χ1v) is 4.23. The number of imidazole rings is 1. The van der Waals surface area contributed by atoms with E-state index in [-0.39, 0.29) is 0 Å². The Kier molecular flexibility index (Phi) is 2.69. The van der Waals surface area contributed by atoms with E-state index in [1.165, 1.54) is 18.7 Å². The lowest BCUT2D eigenvalue weighted by Gasteiger charge is -2.08. The molecule has 1 atom stereocenters. The standard InChI is InChI=1S/C9H16N2/c1-4-5-8(2)9-10-6-7-11(9)3/h6-8H,4-5H2,1-3H3. The molecule has 0 spiro atoms. The highest BCUT2D eigenvalue weighted by molar-refractivity contribution is 4.97. The minimum absolute atomic E-state index is 0.597. The van der Waals surface area contributed by atoms with Crippen LogP contribution < -0.4 is 0 Å². The molecule has 1 aromatic heterocycles. The molecule has 0 bridgehead atoms. The van der Waals surface area contributed by atoms with Crippen molar-refractivity contribution in [3.63, 3.8) is 0 Å². The third-order valence-electron chi connectivity index (χ3n) is 2.02. The van der Waals surface area contributed by atoms with Crippen molar-refractivity contribution in [1.82, 2.24) is 9.55 Å². The normalized spacial score (nSPS) is 13.4. The van der Waals surface area contributed by atoms with Gasteiger partial charge in [0.25, 0.3) is 0 Å². The maximum Gasteiger partial charge on any atom is 0.111 e. The van der Waals surface area contributed by atoms with Crippen molar-refractivity contribution < 1.29 is 0 Å². The molecule has 2 nitrogen and oxygen atoms in total. The molecule has 11 heavy (non-hydrogen) atoms. The second-order valence-electron chi connectivity index (χ2n) is 3.09. The van der Waals surface area contributed by atoms with Crippen LogP contribution in [0.1, 0.15) is 38.4 Å². The van der Waals surface area contributed by atoms with Crippen LogP contribution in [0.2, 0.25) is 0 Å². The summed E-state index contributed by atoms with van der Waals surface area (Å²) in [6.45, 7) is 4.44. The Hall–Kier alpha value is -0.790. The summed E-state index contributed by atoms with van der Waals surface area (Å²) >= 11 is 0. The number of hydrogen-bond acceptors (Lipinski definition) is 1. The van der Waals surface area contributed by atoms with E-state index < -0.39 is 0 Å². The SMILES string of the molecule is CCCC(C)c1nccn1C. The van der Waals surface area contributed by atoms with Crippen molar-refractivity contribution in [3.05, 3.63) is 18.2 Å². The lowest BCUT2D eigenvalue weighted by Crippen LogP contribution is -2.01. The summed E-state index contributed by atoms with van der Waals surface area (Å²) in [4.78, 5) is 4.30. The van der Waals surface area contributed by atoms with Crippen LogP contribution in [-0.2, 0) is 7.05 Å². The summed E-state index contributed by atoms with van der Waals surface area (Å²) in [6.07, 6.45) is 6.32. The molecule has 0 aliphatic carbocycles. The van der Waals surface area contributed by atoms with Gasteiger partial charge in [0.1, 0.15) is 5.82 Å². The van der Waals surface area contributed by atoms with Crippen molar-refractivity contribution in [3.8, 4) is 0 Å². The molecule has 1 heterocycles. The molecule has 0 saturated heterocycles. The average molecular weight is 152 g/mol. The van der Waals surface area contributed by atoms with Gasteiger partial charge in [-0.2, -0.15) is 0 Å². The zero-order valence-corrected chi connectivity index (χ0v) is 7.54. The predicted molar refractivity (Wildman–Crippen MR) is 46.5 cm³/mol. The molecule has 0 radical (unpaired) electrons. The number of hydrogen-bond donors (Lipinski definition) is 0. The lowest BCUT2D eigenvalue weighted by atomic mass is 10.1. The largest absolute Gasteiger partial charge is 0.338 e. The highest BCUT2D eigenvalue weighted by Crippen LogP contribution is 2.17. The van der Waals surface area contributed by atoms with E-state index in [4.69, 9.17) is 0 Å². The number of nitrogens with zero attached hydrogens (tertiary/aromatic N) is 2. The molecule has 0 fully saturated rings. The molecular formula is C9H16N2. The lowest BCUT2D eigenvalue weighted by molar-refractivity contribution is 0.602. The Morgan fingerprint density at radius 1 is 1.64 bits per heavy atom. The van der Waals surface area contributed by atoms with Crippen LogP contribution in [0.3, 0.4) is 0 Å². The molecular weight excluding hydrogens is 136 g/mol. The van der Waals surface area contributed by atoms with Gasteiger partial charge in [-0.15, -0.1) is 0 Å². The van der Waals surface area contributed by atoms with E-state index in [0.717, 1.165) is 0 Å². The van der Waals surface area contributed by atoms with Crippen molar-refractivity contribution in [2.75, 3.05) is 0 Å². The number of aryl methyl sites for hydroxylation is 1. The van der Waals surface area contributed by atoms with Gasteiger partial charge in [0.15, 0.2) is 0 Å².